The van der Waals surface area contributed by atoms with Crippen molar-refractivity contribution in [2.75, 3.05) is 32.8 Å². The number of likely N-dealkylation sites (tertiary alicyclic amines) is 2. The highest BCUT2D eigenvalue weighted by atomic mass is 16.6. The van der Waals surface area contributed by atoms with Crippen molar-refractivity contribution >= 4 is 6.09 Å². The Morgan fingerprint density at radius 2 is 2.17 bits per heavy atom. The monoisotopic (exact) mass is 333 g/mol. The zero-order valence-electron chi connectivity index (χ0n) is 14.4. The van der Waals surface area contributed by atoms with Crippen LogP contribution in [0.3, 0.4) is 0 Å². The fourth-order valence-electron chi connectivity index (χ4n) is 4.83. The predicted octanol–water partition coefficient (Wildman–Crippen LogP) is 2.87. The van der Waals surface area contributed by atoms with Gasteiger partial charge in [0.2, 0.25) is 0 Å². The molecule has 3 fully saturated rings. The van der Waals surface area contributed by atoms with Gasteiger partial charge in [0.15, 0.2) is 0 Å². The second kappa shape index (κ2) is 6.39. The van der Waals surface area contributed by atoms with Crippen molar-refractivity contribution in [3.63, 3.8) is 0 Å². The molecule has 1 aliphatic carbocycles. The number of rotatable bonds is 3. The highest BCUT2D eigenvalue weighted by Crippen LogP contribution is 2.50. The maximum atomic E-state index is 11.9. The standard InChI is InChI=1S/C18H27N3O3/c1-2-23-17(22)21-9-6-18(13-21)11-15(12-18)20-7-3-14(4-8-20)16-5-10-24-19-16/h5,10,14-15H,2-4,6-9,11-13H2,1H3. The first-order valence-corrected chi connectivity index (χ1v) is 9.25. The van der Waals surface area contributed by atoms with Crippen LogP contribution in [-0.2, 0) is 4.74 Å². The van der Waals surface area contributed by atoms with Crippen molar-refractivity contribution in [1.29, 1.82) is 0 Å². The van der Waals surface area contributed by atoms with E-state index in [9.17, 15) is 4.79 Å². The zero-order valence-corrected chi connectivity index (χ0v) is 14.4. The topological polar surface area (TPSA) is 58.8 Å². The van der Waals surface area contributed by atoms with Gasteiger partial charge in [0.1, 0.15) is 6.26 Å². The first-order valence-electron chi connectivity index (χ1n) is 9.25. The molecule has 6 nitrogen and oxygen atoms in total. The molecule has 0 N–H and O–H groups in total. The van der Waals surface area contributed by atoms with E-state index in [-0.39, 0.29) is 6.09 Å². The van der Waals surface area contributed by atoms with Crippen molar-refractivity contribution < 1.29 is 14.1 Å². The molecule has 0 aromatic carbocycles. The minimum atomic E-state index is -0.133. The fraction of sp³-hybridized carbons (Fsp3) is 0.778. The van der Waals surface area contributed by atoms with Gasteiger partial charge < -0.3 is 19.1 Å². The molecule has 2 aliphatic heterocycles. The van der Waals surface area contributed by atoms with Crippen molar-refractivity contribution in [2.45, 2.75) is 51.0 Å². The molecule has 1 spiro atoms. The van der Waals surface area contributed by atoms with Gasteiger partial charge in [-0.15, -0.1) is 0 Å². The van der Waals surface area contributed by atoms with Gasteiger partial charge in [-0.3, -0.25) is 0 Å². The molecule has 2 saturated heterocycles. The Bertz CT molecular complexity index is 560. The summed E-state index contributed by atoms with van der Waals surface area (Å²) in [4.78, 5) is 16.4. The maximum Gasteiger partial charge on any atom is 0.409 e. The third kappa shape index (κ3) is 2.92. The van der Waals surface area contributed by atoms with Crippen LogP contribution in [0, 0.1) is 5.41 Å². The lowest BCUT2D eigenvalue weighted by molar-refractivity contribution is -0.00499. The minimum absolute atomic E-state index is 0.133. The van der Waals surface area contributed by atoms with Crippen LogP contribution in [0.5, 0.6) is 0 Å². The number of hydrogen-bond acceptors (Lipinski definition) is 5. The molecule has 0 unspecified atom stereocenters. The lowest BCUT2D eigenvalue weighted by Crippen LogP contribution is -2.54. The van der Waals surface area contributed by atoms with Crippen molar-refractivity contribution in [2.24, 2.45) is 5.41 Å². The number of carbonyl (C=O) groups is 1. The van der Waals surface area contributed by atoms with E-state index in [1.54, 1.807) is 6.26 Å². The van der Waals surface area contributed by atoms with Gasteiger partial charge in [-0.1, -0.05) is 5.16 Å². The van der Waals surface area contributed by atoms with Crippen LogP contribution in [0.1, 0.15) is 50.6 Å². The lowest BCUT2D eigenvalue weighted by Gasteiger charge is -2.51. The molecule has 0 atom stereocenters. The average molecular weight is 333 g/mol. The second-order valence-electron chi connectivity index (χ2n) is 7.67. The molecule has 0 radical (unpaired) electrons. The molecular formula is C18H27N3O3. The summed E-state index contributed by atoms with van der Waals surface area (Å²) in [5.74, 6) is 0.555. The van der Waals surface area contributed by atoms with E-state index in [2.05, 4.69) is 10.1 Å². The molecule has 4 rings (SSSR count). The number of ether oxygens (including phenoxy) is 1. The molecule has 1 aromatic heterocycles. The summed E-state index contributed by atoms with van der Waals surface area (Å²) >= 11 is 0. The Balaban J connectivity index is 1.24. The number of amides is 1. The third-order valence-electron chi connectivity index (χ3n) is 6.22. The Morgan fingerprint density at radius 1 is 1.38 bits per heavy atom. The predicted molar refractivity (Wildman–Crippen MR) is 88.7 cm³/mol. The Hall–Kier alpha value is -1.56. The first-order chi connectivity index (χ1) is 11.7. The Kier molecular flexibility index (Phi) is 4.24. The van der Waals surface area contributed by atoms with Crippen LogP contribution in [0.2, 0.25) is 0 Å². The zero-order chi connectivity index (χ0) is 16.6. The molecular weight excluding hydrogens is 306 g/mol. The smallest absolute Gasteiger partial charge is 0.409 e. The molecule has 6 heteroatoms. The molecule has 1 aromatic rings. The molecule has 1 amide bonds. The van der Waals surface area contributed by atoms with Crippen LogP contribution in [-0.4, -0.2) is 59.9 Å². The van der Waals surface area contributed by atoms with Crippen LogP contribution >= 0.6 is 0 Å². The van der Waals surface area contributed by atoms with Crippen LogP contribution in [0.4, 0.5) is 4.79 Å². The fourth-order valence-corrected chi connectivity index (χ4v) is 4.83. The van der Waals surface area contributed by atoms with Gasteiger partial charge in [-0.05, 0) is 57.5 Å². The molecule has 1 saturated carbocycles. The third-order valence-corrected chi connectivity index (χ3v) is 6.22. The van der Waals surface area contributed by atoms with Gasteiger partial charge in [-0.25, -0.2) is 4.79 Å². The number of nitrogens with zero attached hydrogens (tertiary/aromatic N) is 3. The number of hydrogen-bond donors (Lipinski definition) is 0. The van der Waals surface area contributed by atoms with E-state index >= 15 is 0 Å². The highest BCUT2D eigenvalue weighted by Gasteiger charge is 2.51. The summed E-state index contributed by atoms with van der Waals surface area (Å²) in [6.45, 7) is 6.38. The normalized spacial score (nSPS) is 31.4. The maximum absolute atomic E-state index is 11.9. The largest absolute Gasteiger partial charge is 0.450 e. The van der Waals surface area contributed by atoms with Crippen LogP contribution in [0.25, 0.3) is 0 Å². The van der Waals surface area contributed by atoms with Crippen molar-refractivity contribution in [1.82, 2.24) is 15.0 Å². The van der Waals surface area contributed by atoms with Gasteiger partial charge in [-0.2, -0.15) is 0 Å². The summed E-state index contributed by atoms with van der Waals surface area (Å²) < 4.78 is 10.1. The molecule has 0 bridgehead atoms. The van der Waals surface area contributed by atoms with Crippen molar-refractivity contribution in [3.05, 3.63) is 18.0 Å². The Labute approximate surface area is 143 Å². The summed E-state index contributed by atoms with van der Waals surface area (Å²) in [5.41, 5.74) is 1.47. The summed E-state index contributed by atoms with van der Waals surface area (Å²) in [7, 11) is 0. The van der Waals surface area contributed by atoms with E-state index < -0.39 is 0 Å². The molecule has 3 heterocycles. The van der Waals surface area contributed by atoms with Gasteiger partial charge in [0.25, 0.3) is 0 Å². The first kappa shape index (κ1) is 15.9. The molecule has 3 aliphatic rings. The Morgan fingerprint density at radius 3 is 2.83 bits per heavy atom. The van der Waals surface area contributed by atoms with E-state index in [4.69, 9.17) is 9.26 Å². The van der Waals surface area contributed by atoms with E-state index in [0.717, 1.165) is 38.3 Å². The summed E-state index contributed by atoms with van der Waals surface area (Å²) in [5, 5.41) is 4.10. The molecule has 132 valence electrons. The number of carbonyl (C=O) groups excluding carboxylic acids is 1. The van der Waals surface area contributed by atoms with Crippen LogP contribution < -0.4 is 0 Å². The van der Waals surface area contributed by atoms with Crippen molar-refractivity contribution in [3.8, 4) is 0 Å². The highest BCUT2D eigenvalue weighted by molar-refractivity contribution is 5.68. The number of aromatic nitrogens is 1. The summed E-state index contributed by atoms with van der Waals surface area (Å²) in [6.07, 6.45) is 7.49. The SMILES string of the molecule is CCOC(=O)N1CCC2(CC(N3CCC(c4ccon4)CC3)C2)C1. The second-order valence-corrected chi connectivity index (χ2v) is 7.67. The van der Waals surface area contributed by atoms with E-state index in [1.165, 1.54) is 25.7 Å². The average Bonchev–Trinajstić information content (AvgIpc) is 3.24. The number of piperidine rings is 1. The van der Waals surface area contributed by atoms with Crippen LogP contribution in [0.15, 0.2) is 16.9 Å². The molecule has 24 heavy (non-hydrogen) atoms. The van der Waals surface area contributed by atoms with E-state index in [0.29, 0.717) is 24.0 Å². The van der Waals surface area contributed by atoms with Gasteiger partial charge in [0, 0.05) is 31.1 Å². The minimum Gasteiger partial charge on any atom is -0.450 e. The van der Waals surface area contributed by atoms with Gasteiger partial charge >= 0.3 is 6.09 Å². The lowest BCUT2D eigenvalue weighted by atomic mass is 9.64. The summed E-state index contributed by atoms with van der Waals surface area (Å²) in [6, 6.07) is 2.70. The van der Waals surface area contributed by atoms with Gasteiger partial charge in [0.05, 0.1) is 12.3 Å². The quantitative estimate of drug-likeness (QED) is 0.851. The van der Waals surface area contributed by atoms with E-state index in [1.807, 2.05) is 17.9 Å².